The number of Topliss-reactive ketones (excluding diaryl/α,β-unsaturated/α-hetero) is 1. The number of hydrogen-bond donors (Lipinski definition) is 1. The second-order valence-electron chi connectivity index (χ2n) is 3.99. The number of ketones is 1. The van der Waals surface area contributed by atoms with Gasteiger partial charge in [-0.2, -0.15) is 0 Å². The summed E-state index contributed by atoms with van der Waals surface area (Å²) in [6.45, 7) is 9.99. The highest BCUT2D eigenvalue weighted by Crippen LogP contribution is 2.18. The van der Waals surface area contributed by atoms with Gasteiger partial charge in [0.25, 0.3) is 0 Å². The number of nitrogens with one attached hydrogen (secondary N) is 1. The molecule has 1 heterocycles. The average molecular weight is 270 g/mol. The van der Waals surface area contributed by atoms with Crippen molar-refractivity contribution >= 4 is 17.4 Å². The van der Waals surface area contributed by atoms with Crippen LogP contribution in [0.5, 0.6) is 0 Å². The number of hydrogen-bond acceptors (Lipinski definition) is 2. The quantitative estimate of drug-likeness (QED) is 0.878. The Bertz CT molecular complexity index is 327. The van der Waals surface area contributed by atoms with Gasteiger partial charge in [0.05, 0.1) is 0 Å². The van der Waals surface area contributed by atoms with Crippen LogP contribution in [0.15, 0.2) is 24.3 Å². The predicted molar refractivity (Wildman–Crippen MR) is 79.4 cm³/mol. The van der Waals surface area contributed by atoms with Crippen molar-refractivity contribution < 1.29 is 4.79 Å². The fourth-order valence-corrected chi connectivity index (χ4v) is 1.29. The average Bonchev–Trinajstić information content (AvgIpc) is 2.29. The van der Waals surface area contributed by atoms with Crippen molar-refractivity contribution in [3.8, 4) is 0 Å². The summed E-state index contributed by atoms with van der Waals surface area (Å²) in [5.41, 5.74) is 1.02. The zero-order chi connectivity index (χ0) is 14.0. The minimum absolute atomic E-state index is 0.0257. The molecule has 0 radical (unpaired) electrons. The number of halogens is 1. The van der Waals surface area contributed by atoms with Gasteiger partial charge in [-0.25, -0.2) is 0 Å². The summed E-state index contributed by atoms with van der Waals surface area (Å²) in [7, 11) is 0. The lowest BCUT2D eigenvalue weighted by atomic mass is 9.98. The maximum Gasteiger partial charge on any atom is 0.136 e. The highest BCUT2D eigenvalue weighted by Gasteiger charge is 2.09. The first-order valence-electron chi connectivity index (χ1n) is 6.58. The van der Waals surface area contributed by atoms with E-state index in [0.717, 1.165) is 5.56 Å². The molecule has 1 N–H and O–H groups in total. The summed E-state index contributed by atoms with van der Waals surface area (Å²) < 4.78 is 0. The van der Waals surface area contributed by atoms with Crippen LogP contribution in [0.4, 0.5) is 0 Å². The van der Waals surface area contributed by atoms with Gasteiger partial charge in [-0.3, -0.25) is 4.79 Å². The molecule has 1 aliphatic heterocycles. The molecule has 0 aromatic heterocycles. The fraction of sp³-hybridized carbons (Fsp3) is 0.533. The Hall–Kier alpha value is -0.860. The second kappa shape index (κ2) is 10.1. The monoisotopic (exact) mass is 269 g/mol. The van der Waals surface area contributed by atoms with E-state index in [9.17, 15) is 4.79 Å². The lowest BCUT2D eigenvalue weighted by Crippen LogP contribution is -2.29. The fourth-order valence-electron chi connectivity index (χ4n) is 1.16. The molecule has 1 atom stereocenters. The van der Waals surface area contributed by atoms with Crippen molar-refractivity contribution in [2.24, 2.45) is 0 Å². The standard InChI is InChI=1S/C10H11ClO.C3H7N.C2H6/c1-7(8(2)12)9-3-5-10(11)6-4-9;1-2-4-3-1;1-2/h3-7H,1-2H3;4H,1-3H2;1-2H3. The van der Waals surface area contributed by atoms with E-state index in [0.29, 0.717) is 5.02 Å². The van der Waals surface area contributed by atoms with Gasteiger partial charge in [-0.1, -0.05) is 44.5 Å². The molecular formula is C15H24ClNO. The zero-order valence-corrected chi connectivity index (χ0v) is 12.6. The summed E-state index contributed by atoms with van der Waals surface area (Å²) in [6.07, 6.45) is 1.39. The lowest BCUT2D eigenvalue weighted by molar-refractivity contribution is -0.118. The van der Waals surface area contributed by atoms with E-state index >= 15 is 0 Å². The SMILES string of the molecule is C1CNC1.CC.CC(=O)C(C)c1ccc(Cl)cc1. The Labute approximate surface area is 116 Å². The van der Waals surface area contributed by atoms with E-state index in [-0.39, 0.29) is 11.7 Å². The van der Waals surface area contributed by atoms with Crippen molar-refractivity contribution in [1.29, 1.82) is 0 Å². The van der Waals surface area contributed by atoms with Crippen LogP contribution in [-0.2, 0) is 4.79 Å². The minimum atomic E-state index is -0.0257. The number of carbonyl (C=O) groups excluding carboxylic acids is 1. The highest BCUT2D eigenvalue weighted by atomic mass is 35.5. The van der Waals surface area contributed by atoms with Gasteiger partial charge in [-0.15, -0.1) is 0 Å². The van der Waals surface area contributed by atoms with Gasteiger partial charge >= 0.3 is 0 Å². The minimum Gasteiger partial charge on any atom is -0.317 e. The van der Waals surface area contributed by atoms with Gasteiger partial charge in [0.15, 0.2) is 0 Å². The molecule has 1 aromatic rings. The van der Waals surface area contributed by atoms with E-state index in [2.05, 4.69) is 5.32 Å². The maximum absolute atomic E-state index is 11.0. The van der Waals surface area contributed by atoms with E-state index in [4.69, 9.17) is 11.6 Å². The van der Waals surface area contributed by atoms with Gasteiger partial charge in [0.2, 0.25) is 0 Å². The summed E-state index contributed by atoms with van der Waals surface area (Å²) in [6, 6.07) is 7.37. The Kier molecular flexibility index (Phi) is 9.62. The highest BCUT2D eigenvalue weighted by molar-refractivity contribution is 6.30. The van der Waals surface area contributed by atoms with Crippen LogP contribution in [-0.4, -0.2) is 18.9 Å². The Morgan fingerprint density at radius 1 is 1.22 bits per heavy atom. The van der Waals surface area contributed by atoms with Crippen molar-refractivity contribution in [3.63, 3.8) is 0 Å². The first-order valence-corrected chi connectivity index (χ1v) is 6.95. The molecule has 1 fully saturated rings. The van der Waals surface area contributed by atoms with Gasteiger partial charge < -0.3 is 5.32 Å². The lowest BCUT2D eigenvalue weighted by Gasteiger charge is -2.09. The number of benzene rings is 1. The van der Waals surface area contributed by atoms with Crippen LogP contribution < -0.4 is 5.32 Å². The molecule has 0 spiro atoms. The molecule has 2 nitrogen and oxygen atoms in total. The molecule has 0 bridgehead atoms. The molecule has 1 aromatic carbocycles. The molecule has 102 valence electrons. The molecule has 3 heteroatoms. The molecule has 0 aliphatic carbocycles. The third-order valence-corrected chi connectivity index (χ3v) is 2.94. The summed E-state index contributed by atoms with van der Waals surface area (Å²) in [5.74, 6) is 0.152. The van der Waals surface area contributed by atoms with Gasteiger partial charge in [0.1, 0.15) is 5.78 Å². The van der Waals surface area contributed by atoms with Gasteiger partial charge in [0, 0.05) is 10.9 Å². The van der Waals surface area contributed by atoms with Crippen molar-refractivity contribution in [1.82, 2.24) is 5.32 Å². The molecule has 0 saturated carbocycles. The first-order chi connectivity index (χ1) is 8.61. The van der Waals surface area contributed by atoms with Crippen molar-refractivity contribution in [2.45, 2.75) is 40.0 Å². The van der Waals surface area contributed by atoms with Gasteiger partial charge in [-0.05, 0) is 44.1 Å². The molecule has 2 rings (SSSR count). The normalized spacial score (nSPS) is 14.1. The third kappa shape index (κ3) is 6.77. The largest absolute Gasteiger partial charge is 0.317 e. The molecule has 1 unspecified atom stereocenters. The van der Waals surface area contributed by atoms with E-state index in [1.807, 2.05) is 32.9 Å². The molecular weight excluding hydrogens is 246 g/mol. The van der Waals surface area contributed by atoms with Crippen molar-refractivity contribution in [3.05, 3.63) is 34.9 Å². The predicted octanol–water partition coefficient (Wildman–Crippen LogP) is 4.04. The van der Waals surface area contributed by atoms with Crippen LogP contribution in [0.25, 0.3) is 0 Å². The smallest absolute Gasteiger partial charge is 0.136 e. The van der Waals surface area contributed by atoms with Crippen LogP contribution in [0, 0.1) is 0 Å². The Morgan fingerprint density at radius 3 is 1.89 bits per heavy atom. The third-order valence-electron chi connectivity index (χ3n) is 2.69. The molecule has 0 amide bonds. The summed E-state index contributed by atoms with van der Waals surface area (Å²) >= 11 is 5.71. The maximum atomic E-state index is 11.0. The van der Waals surface area contributed by atoms with E-state index in [1.54, 1.807) is 19.1 Å². The number of rotatable bonds is 2. The number of carbonyl (C=O) groups is 1. The zero-order valence-electron chi connectivity index (χ0n) is 11.8. The van der Waals surface area contributed by atoms with Crippen LogP contribution in [0.3, 0.4) is 0 Å². The Balaban J connectivity index is 0.000000399. The van der Waals surface area contributed by atoms with E-state index < -0.39 is 0 Å². The van der Waals surface area contributed by atoms with Crippen LogP contribution in [0.1, 0.15) is 45.6 Å². The first kappa shape index (κ1) is 17.1. The molecule has 1 aliphatic rings. The topological polar surface area (TPSA) is 29.1 Å². The van der Waals surface area contributed by atoms with E-state index in [1.165, 1.54) is 19.5 Å². The Morgan fingerprint density at radius 2 is 1.61 bits per heavy atom. The van der Waals surface area contributed by atoms with Crippen LogP contribution >= 0.6 is 11.6 Å². The molecule has 1 saturated heterocycles. The van der Waals surface area contributed by atoms with Crippen LogP contribution in [0.2, 0.25) is 5.02 Å². The second-order valence-corrected chi connectivity index (χ2v) is 4.42. The summed E-state index contributed by atoms with van der Waals surface area (Å²) in [5, 5.41) is 3.81. The summed E-state index contributed by atoms with van der Waals surface area (Å²) in [4.78, 5) is 11.0. The van der Waals surface area contributed by atoms with Crippen molar-refractivity contribution in [2.75, 3.05) is 13.1 Å². The molecule has 18 heavy (non-hydrogen) atoms.